The van der Waals surface area contributed by atoms with Crippen LogP contribution in [0.15, 0.2) is 24.3 Å². The number of nitrogens with two attached hydrogens (primary N) is 1. The third-order valence-electron chi connectivity index (χ3n) is 3.45. The van der Waals surface area contributed by atoms with E-state index in [0.717, 1.165) is 6.04 Å². The highest BCUT2D eigenvalue weighted by Gasteiger charge is 2.21. The first-order chi connectivity index (χ1) is 7.18. The number of nitrogens with zero attached hydrogens (tertiary/aromatic N) is 1. The van der Waals surface area contributed by atoms with Crippen LogP contribution in [0.3, 0.4) is 0 Å². The molecule has 0 amide bonds. The molecule has 82 valence electrons. The molecule has 0 heterocycles. The number of hydrogen-bond acceptors (Lipinski definition) is 2. The van der Waals surface area contributed by atoms with Crippen molar-refractivity contribution in [3.63, 3.8) is 0 Å². The summed E-state index contributed by atoms with van der Waals surface area (Å²) < 4.78 is 0. The number of hydrogen-bond donors (Lipinski definition) is 1. The number of benzene rings is 1. The van der Waals surface area contributed by atoms with Gasteiger partial charge >= 0.3 is 0 Å². The zero-order valence-corrected chi connectivity index (χ0v) is 9.61. The Bertz CT molecular complexity index is 312. The van der Waals surface area contributed by atoms with Crippen molar-refractivity contribution in [1.29, 1.82) is 0 Å². The Morgan fingerprint density at radius 1 is 1.27 bits per heavy atom. The van der Waals surface area contributed by atoms with E-state index in [0.29, 0.717) is 0 Å². The van der Waals surface area contributed by atoms with Gasteiger partial charge in [-0.2, -0.15) is 0 Å². The van der Waals surface area contributed by atoms with Crippen LogP contribution in [0.5, 0.6) is 0 Å². The van der Waals surface area contributed by atoms with Crippen molar-refractivity contribution in [3.8, 4) is 0 Å². The van der Waals surface area contributed by atoms with Crippen molar-refractivity contribution in [3.05, 3.63) is 29.8 Å². The van der Waals surface area contributed by atoms with Crippen LogP contribution >= 0.6 is 0 Å². The molecule has 2 rings (SSSR count). The molecular weight excluding hydrogens is 184 g/mol. The fourth-order valence-electron chi connectivity index (χ4n) is 2.00. The van der Waals surface area contributed by atoms with Crippen LogP contribution in [-0.4, -0.2) is 13.1 Å². The first kappa shape index (κ1) is 10.5. The van der Waals surface area contributed by atoms with Crippen LogP contribution in [0.2, 0.25) is 0 Å². The molecule has 1 aliphatic rings. The Morgan fingerprint density at radius 2 is 1.87 bits per heavy atom. The molecule has 1 aromatic carbocycles. The summed E-state index contributed by atoms with van der Waals surface area (Å²) in [7, 11) is 2.19. The molecule has 0 saturated heterocycles. The maximum Gasteiger partial charge on any atom is 0.0366 e. The van der Waals surface area contributed by atoms with Crippen LogP contribution in [0, 0.1) is 0 Å². The van der Waals surface area contributed by atoms with Gasteiger partial charge in [-0.15, -0.1) is 0 Å². The molecule has 1 aliphatic carbocycles. The van der Waals surface area contributed by atoms with Gasteiger partial charge in [-0.05, 0) is 43.9 Å². The number of anilines is 1. The minimum Gasteiger partial charge on any atom is -0.372 e. The molecule has 1 atom stereocenters. The number of rotatable bonds is 3. The van der Waals surface area contributed by atoms with Gasteiger partial charge in [0.25, 0.3) is 0 Å². The predicted molar refractivity (Wildman–Crippen MR) is 65.1 cm³/mol. The van der Waals surface area contributed by atoms with Crippen molar-refractivity contribution in [1.82, 2.24) is 0 Å². The van der Waals surface area contributed by atoms with E-state index in [1.807, 2.05) is 6.92 Å². The maximum atomic E-state index is 5.82. The molecule has 0 bridgehead atoms. The first-order valence-electron chi connectivity index (χ1n) is 5.77. The van der Waals surface area contributed by atoms with Gasteiger partial charge in [0.2, 0.25) is 0 Å². The topological polar surface area (TPSA) is 29.3 Å². The second-order valence-electron chi connectivity index (χ2n) is 4.58. The third kappa shape index (κ3) is 2.15. The molecule has 15 heavy (non-hydrogen) atoms. The highest BCUT2D eigenvalue weighted by molar-refractivity contribution is 5.48. The van der Waals surface area contributed by atoms with E-state index in [4.69, 9.17) is 5.73 Å². The van der Waals surface area contributed by atoms with Gasteiger partial charge in [0.05, 0.1) is 0 Å². The fraction of sp³-hybridized carbons (Fsp3) is 0.538. The van der Waals surface area contributed by atoms with E-state index >= 15 is 0 Å². The highest BCUT2D eigenvalue weighted by atomic mass is 15.1. The van der Waals surface area contributed by atoms with Crippen LogP contribution in [-0.2, 0) is 0 Å². The molecule has 2 N–H and O–H groups in total. The smallest absolute Gasteiger partial charge is 0.0366 e. The average molecular weight is 204 g/mol. The maximum absolute atomic E-state index is 5.82. The van der Waals surface area contributed by atoms with Crippen LogP contribution in [0.4, 0.5) is 5.69 Å². The molecule has 0 aromatic heterocycles. The summed E-state index contributed by atoms with van der Waals surface area (Å²) in [5.74, 6) is 0. The van der Waals surface area contributed by atoms with Crippen molar-refractivity contribution >= 4 is 5.69 Å². The van der Waals surface area contributed by atoms with Crippen molar-refractivity contribution < 1.29 is 0 Å². The molecule has 1 aromatic rings. The molecule has 0 spiro atoms. The average Bonchev–Trinajstić information content (AvgIpc) is 2.15. The van der Waals surface area contributed by atoms with Crippen molar-refractivity contribution in [2.45, 2.75) is 38.3 Å². The van der Waals surface area contributed by atoms with Gasteiger partial charge < -0.3 is 10.6 Å². The summed E-state index contributed by atoms with van der Waals surface area (Å²) in [5, 5.41) is 0. The van der Waals surface area contributed by atoms with Crippen LogP contribution in [0.1, 0.15) is 37.8 Å². The summed E-state index contributed by atoms with van der Waals surface area (Å²) in [4.78, 5) is 2.38. The Kier molecular flexibility index (Phi) is 2.96. The monoisotopic (exact) mass is 204 g/mol. The summed E-state index contributed by atoms with van der Waals surface area (Å²) in [6.07, 6.45) is 4.06. The Hall–Kier alpha value is -1.02. The molecule has 1 fully saturated rings. The molecule has 1 saturated carbocycles. The van der Waals surface area contributed by atoms with Crippen LogP contribution < -0.4 is 10.6 Å². The third-order valence-corrected chi connectivity index (χ3v) is 3.45. The zero-order chi connectivity index (χ0) is 10.8. The molecule has 0 radical (unpaired) electrons. The van der Waals surface area contributed by atoms with E-state index in [-0.39, 0.29) is 6.04 Å². The summed E-state index contributed by atoms with van der Waals surface area (Å²) in [5.41, 5.74) is 8.34. The summed E-state index contributed by atoms with van der Waals surface area (Å²) in [6.45, 7) is 2.02. The minimum atomic E-state index is 0.132. The Labute approximate surface area is 92.1 Å². The summed E-state index contributed by atoms with van der Waals surface area (Å²) in [6, 6.07) is 9.51. The van der Waals surface area contributed by atoms with E-state index in [9.17, 15) is 0 Å². The molecule has 0 unspecified atom stereocenters. The van der Waals surface area contributed by atoms with Gasteiger partial charge in [-0.1, -0.05) is 12.1 Å². The lowest BCUT2D eigenvalue weighted by Gasteiger charge is -2.36. The minimum absolute atomic E-state index is 0.132. The van der Waals surface area contributed by atoms with Gasteiger partial charge in [0, 0.05) is 24.8 Å². The summed E-state index contributed by atoms with van der Waals surface area (Å²) >= 11 is 0. The van der Waals surface area contributed by atoms with E-state index < -0.39 is 0 Å². The Balaban J connectivity index is 2.08. The molecular formula is C13H20N2. The highest BCUT2D eigenvalue weighted by Crippen LogP contribution is 2.28. The lowest BCUT2D eigenvalue weighted by molar-refractivity contribution is 0.401. The second-order valence-corrected chi connectivity index (χ2v) is 4.58. The normalized spacial score (nSPS) is 18.3. The van der Waals surface area contributed by atoms with Gasteiger partial charge in [-0.3, -0.25) is 0 Å². The molecule has 2 heteroatoms. The molecule has 2 nitrogen and oxygen atoms in total. The SMILES string of the molecule is C[C@H](N)c1ccc(N(C)C2CCC2)cc1. The standard InChI is InChI=1S/C13H20N2/c1-10(14)11-6-8-13(9-7-11)15(2)12-4-3-5-12/h6-10,12H,3-5,14H2,1-2H3/t10-/m0/s1. The Morgan fingerprint density at radius 3 is 2.27 bits per heavy atom. The van der Waals surface area contributed by atoms with Gasteiger partial charge in [-0.25, -0.2) is 0 Å². The quantitative estimate of drug-likeness (QED) is 0.820. The first-order valence-corrected chi connectivity index (χ1v) is 5.77. The van der Waals surface area contributed by atoms with Crippen molar-refractivity contribution in [2.75, 3.05) is 11.9 Å². The van der Waals surface area contributed by atoms with E-state index in [2.05, 4.69) is 36.2 Å². The van der Waals surface area contributed by atoms with E-state index in [1.165, 1.54) is 30.5 Å². The van der Waals surface area contributed by atoms with Gasteiger partial charge in [0.15, 0.2) is 0 Å². The lowest BCUT2D eigenvalue weighted by Crippen LogP contribution is -2.37. The zero-order valence-electron chi connectivity index (χ0n) is 9.61. The van der Waals surface area contributed by atoms with Crippen LogP contribution in [0.25, 0.3) is 0 Å². The predicted octanol–water partition coefficient (Wildman–Crippen LogP) is 2.70. The second kappa shape index (κ2) is 4.23. The fourth-order valence-corrected chi connectivity index (χ4v) is 2.00. The van der Waals surface area contributed by atoms with Gasteiger partial charge in [0.1, 0.15) is 0 Å². The molecule has 0 aliphatic heterocycles. The largest absolute Gasteiger partial charge is 0.372 e. The lowest BCUT2D eigenvalue weighted by atomic mass is 9.91. The van der Waals surface area contributed by atoms with E-state index in [1.54, 1.807) is 0 Å². The van der Waals surface area contributed by atoms with Crippen molar-refractivity contribution in [2.24, 2.45) is 5.73 Å².